The summed E-state index contributed by atoms with van der Waals surface area (Å²) in [7, 11) is -1.05. The number of carbonyl (C=O) groups excluding carboxylic acids is 2. The average Bonchev–Trinajstić information content (AvgIpc) is 3.24. The summed E-state index contributed by atoms with van der Waals surface area (Å²) in [5.41, 5.74) is 4.97. The number of phenols is 1. The lowest BCUT2D eigenvalue weighted by Crippen LogP contribution is -2.46. The summed E-state index contributed by atoms with van der Waals surface area (Å²) in [6.45, 7) is 4.51. The van der Waals surface area contributed by atoms with Gasteiger partial charge in [0.25, 0.3) is 0 Å². The number of unbranched alkanes of at least 4 members (excludes halogenated alkanes) is 2. The first-order chi connectivity index (χ1) is 21.2. The van der Waals surface area contributed by atoms with Gasteiger partial charge in [-0.15, -0.1) is 0 Å². The molecule has 5 rings (SSSR count). The number of carboxylic acids is 1. The number of benzene rings is 2. The molecule has 0 saturated carbocycles. The van der Waals surface area contributed by atoms with E-state index in [4.69, 9.17) is 9.76 Å². The summed E-state index contributed by atoms with van der Waals surface area (Å²) < 4.78 is 6.21. The van der Waals surface area contributed by atoms with Gasteiger partial charge in [0.15, 0.2) is 0 Å². The van der Waals surface area contributed by atoms with E-state index in [1.165, 1.54) is 4.90 Å². The Morgan fingerprint density at radius 1 is 1.00 bits per heavy atom. The van der Waals surface area contributed by atoms with Gasteiger partial charge < -0.3 is 19.9 Å². The van der Waals surface area contributed by atoms with Crippen molar-refractivity contribution in [2.24, 2.45) is 23.7 Å². The molecule has 2 heterocycles. The van der Waals surface area contributed by atoms with Gasteiger partial charge in [-0.25, -0.2) is 0 Å². The minimum absolute atomic E-state index is 0.0766. The lowest BCUT2D eigenvalue weighted by molar-refractivity contribution is -0.141. The van der Waals surface area contributed by atoms with E-state index in [0.29, 0.717) is 45.1 Å². The fourth-order valence-corrected chi connectivity index (χ4v) is 7.29. The van der Waals surface area contributed by atoms with Crippen LogP contribution in [-0.2, 0) is 19.0 Å². The van der Waals surface area contributed by atoms with Crippen LogP contribution >= 0.6 is 0 Å². The average molecular weight is 600 g/mol. The van der Waals surface area contributed by atoms with Crippen molar-refractivity contribution in [2.75, 3.05) is 6.54 Å². The minimum atomic E-state index is -1.05. The highest BCUT2D eigenvalue weighted by molar-refractivity contribution is 6.43. The third kappa shape index (κ3) is 6.84. The van der Waals surface area contributed by atoms with E-state index in [-0.39, 0.29) is 42.1 Å². The SMILES string of the molecule is CC(C)C1=C2[C@@H](CC/C(=C/c3ccccc3O)c3ccccc3)OB(O)C[C@@H]2[C@@H]2C(=O)N(CCCCCC(=O)O)C(=O)[C@@H]2C1. The van der Waals surface area contributed by atoms with Crippen LogP contribution in [0.5, 0.6) is 5.75 Å². The fraction of sp³-hybridized carbons (Fsp3) is 0.457. The molecule has 2 aliphatic heterocycles. The monoisotopic (exact) mass is 599 g/mol. The molecule has 0 spiro atoms. The van der Waals surface area contributed by atoms with Crippen molar-refractivity contribution in [1.29, 1.82) is 0 Å². The van der Waals surface area contributed by atoms with Crippen LogP contribution in [0.2, 0.25) is 6.32 Å². The summed E-state index contributed by atoms with van der Waals surface area (Å²) in [6.07, 6.45) is 5.34. The minimum Gasteiger partial charge on any atom is -0.507 e. The number of rotatable bonds is 12. The van der Waals surface area contributed by atoms with Gasteiger partial charge in [0.1, 0.15) is 5.75 Å². The number of carboxylic acid groups (broad SMARTS) is 1. The summed E-state index contributed by atoms with van der Waals surface area (Å²) in [4.78, 5) is 39.6. The number of likely N-dealkylation sites (tertiary alicyclic amines) is 1. The molecule has 2 aromatic carbocycles. The number of carbonyl (C=O) groups is 3. The fourth-order valence-electron chi connectivity index (χ4n) is 7.29. The second-order valence-corrected chi connectivity index (χ2v) is 12.6. The maximum Gasteiger partial charge on any atom is 0.455 e. The maximum absolute atomic E-state index is 13.8. The topological polar surface area (TPSA) is 124 Å². The molecule has 1 aliphatic carbocycles. The molecule has 2 fully saturated rings. The first kappa shape index (κ1) is 31.7. The molecule has 0 bridgehead atoms. The molecule has 3 N–H and O–H groups in total. The third-order valence-electron chi connectivity index (χ3n) is 9.39. The highest BCUT2D eigenvalue weighted by atomic mass is 16.5. The lowest BCUT2D eigenvalue weighted by atomic mass is 9.57. The van der Waals surface area contributed by atoms with E-state index in [0.717, 1.165) is 27.8 Å². The number of aromatic hydroxyl groups is 1. The Bertz CT molecular complexity index is 1440. The standard InChI is InChI=1S/C35H42BNO7/c1-22(2)26-20-27-33(35(42)37(34(27)41)18-10-4-7-15-31(39)40)28-21-36(43)44-30(32(26)28)17-16-24(23-11-5-3-6-12-23)19-25-13-8-9-14-29(25)38/h3,5-6,8-9,11-14,19,22,27-28,30,33,38,43H,4,7,10,15-18,20-21H2,1-2H3,(H,39,40)/b24-19-/t27-,28+,30-,33-/m1/s1. The number of phenolic OH excluding ortho intramolecular Hbond substituents is 1. The zero-order valence-electron chi connectivity index (χ0n) is 25.5. The van der Waals surface area contributed by atoms with Crippen LogP contribution in [0.25, 0.3) is 11.6 Å². The molecular formula is C35H42BNO7. The van der Waals surface area contributed by atoms with Crippen LogP contribution in [-0.4, -0.2) is 57.7 Å². The molecule has 2 amide bonds. The number of imide groups is 1. The molecule has 232 valence electrons. The molecule has 0 unspecified atom stereocenters. The van der Waals surface area contributed by atoms with Gasteiger partial charge >= 0.3 is 13.1 Å². The normalized spacial score (nSPS) is 23.8. The highest BCUT2D eigenvalue weighted by Gasteiger charge is 2.57. The number of amides is 2. The molecule has 2 saturated heterocycles. The maximum atomic E-state index is 13.8. The van der Waals surface area contributed by atoms with Crippen molar-refractivity contribution < 1.29 is 34.3 Å². The van der Waals surface area contributed by atoms with Gasteiger partial charge in [-0.2, -0.15) is 0 Å². The Hall–Kier alpha value is -3.69. The number of para-hydroxylation sites is 1. The summed E-state index contributed by atoms with van der Waals surface area (Å²) >= 11 is 0. The number of allylic oxidation sites excluding steroid dienone is 2. The van der Waals surface area contributed by atoms with Gasteiger partial charge in [0.05, 0.1) is 17.9 Å². The Morgan fingerprint density at radius 2 is 1.73 bits per heavy atom. The van der Waals surface area contributed by atoms with Gasteiger partial charge in [0, 0.05) is 18.5 Å². The zero-order chi connectivity index (χ0) is 31.4. The van der Waals surface area contributed by atoms with Crippen LogP contribution in [0.1, 0.15) is 69.9 Å². The van der Waals surface area contributed by atoms with E-state index in [2.05, 4.69) is 13.8 Å². The number of hydrogen-bond donors (Lipinski definition) is 3. The Balaban J connectivity index is 1.40. The first-order valence-corrected chi connectivity index (χ1v) is 15.8. The van der Waals surface area contributed by atoms with E-state index < -0.39 is 31.0 Å². The van der Waals surface area contributed by atoms with Crippen LogP contribution < -0.4 is 0 Å². The predicted octanol–water partition coefficient (Wildman–Crippen LogP) is 5.81. The number of hydrogen-bond acceptors (Lipinski definition) is 6. The molecular weight excluding hydrogens is 557 g/mol. The molecule has 3 aliphatic rings. The van der Waals surface area contributed by atoms with Gasteiger partial charge in [-0.05, 0) is 79.1 Å². The van der Waals surface area contributed by atoms with Crippen molar-refractivity contribution in [3.63, 3.8) is 0 Å². The van der Waals surface area contributed by atoms with E-state index in [1.54, 1.807) is 12.1 Å². The predicted molar refractivity (Wildman–Crippen MR) is 169 cm³/mol. The van der Waals surface area contributed by atoms with Crippen molar-refractivity contribution in [2.45, 2.75) is 71.2 Å². The third-order valence-corrected chi connectivity index (χ3v) is 9.39. The van der Waals surface area contributed by atoms with Crippen molar-refractivity contribution >= 4 is 36.6 Å². The molecule has 8 nitrogen and oxygen atoms in total. The Kier molecular flexibility index (Phi) is 10.1. The Labute approximate surface area is 259 Å². The smallest absolute Gasteiger partial charge is 0.455 e. The van der Waals surface area contributed by atoms with Gasteiger partial charge in [0.2, 0.25) is 11.8 Å². The molecule has 0 radical (unpaired) electrons. The summed E-state index contributed by atoms with van der Waals surface area (Å²) in [5, 5.41) is 30.3. The second kappa shape index (κ2) is 14.0. The zero-order valence-corrected chi connectivity index (χ0v) is 25.5. The van der Waals surface area contributed by atoms with Crippen molar-refractivity contribution in [3.05, 3.63) is 76.9 Å². The number of fused-ring (bicyclic) bond motifs is 3. The summed E-state index contributed by atoms with van der Waals surface area (Å²) in [6, 6.07) is 17.2. The largest absolute Gasteiger partial charge is 0.507 e. The quantitative estimate of drug-likeness (QED) is 0.0925. The van der Waals surface area contributed by atoms with E-state index in [9.17, 15) is 24.5 Å². The van der Waals surface area contributed by atoms with E-state index in [1.807, 2.05) is 48.5 Å². The van der Waals surface area contributed by atoms with Gasteiger partial charge in [-0.3, -0.25) is 19.3 Å². The van der Waals surface area contributed by atoms with Gasteiger partial charge in [-0.1, -0.05) is 74.4 Å². The molecule has 4 atom stereocenters. The van der Waals surface area contributed by atoms with E-state index >= 15 is 0 Å². The first-order valence-electron chi connectivity index (χ1n) is 15.8. The van der Waals surface area contributed by atoms with Crippen molar-refractivity contribution in [1.82, 2.24) is 4.90 Å². The summed E-state index contributed by atoms with van der Waals surface area (Å²) in [5.74, 6) is -2.08. The van der Waals surface area contributed by atoms with Crippen LogP contribution in [0, 0.1) is 23.7 Å². The number of aliphatic carboxylic acids is 1. The van der Waals surface area contributed by atoms with Crippen LogP contribution in [0.4, 0.5) is 0 Å². The van der Waals surface area contributed by atoms with Crippen molar-refractivity contribution in [3.8, 4) is 5.75 Å². The molecule has 0 aromatic heterocycles. The molecule has 9 heteroatoms. The van der Waals surface area contributed by atoms with Crippen LogP contribution in [0.3, 0.4) is 0 Å². The highest BCUT2D eigenvalue weighted by Crippen LogP contribution is 2.52. The second-order valence-electron chi connectivity index (χ2n) is 12.6. The molecule has 2 aromatic rings. The molecule has 44 heavy (non-hydrogen) atoms. The number of nitrogens with zero attached hydrogens (tertiary/aromatic N) is 1. The lowest BCUT2D eigenvalue weighted by Gasteiger charge is -2.44. The van der Waals surface area contributed by atoms with Crippen LogP contribution in [0.15, 0.2) is 65.7 Å². The Morgan fingerprint density at radius 3 is 2.43 bits per heavy atom.